The first-order valence-electron chi connectivity index (χ1n) is 7.97. The van der Waals surface area contributed by atoms with Crippen molar-refractivity contribution in [1.82, 2.24) is 15.5 Å². The molecule has 0 unspecified atom stereocenters. The number of aliphatic carboxylic acids is 1. The molecule has 0 saturated carbocycles. The molecule has 1 atom stereocenters. The Hall–Kier alpha value is -3.32. The number of aromatic amines is 1. The summed E-state index contributed by atoms with van der Waals surface area (Å²) in [6, 6.07) is 13.9. The zero-order chi connectivity index (χ0) is 19.4. The first-order chi connectivity index (χ1) is 13.0. The van der Waals surface area contributed by atoms with E-state index in [9.17, 15) is 14.7 Å². The van der Waals surface area contributed by atoms with Crippen LogP contribution in [0.4, 0.5) is 0 Å². The summed E-state index contributed by atoms with van der Waals surface area (Å²) in [5.74, 6) is -1.11. The van der Waals surface area contributed by atoms with Crippen LogP contribution in [0.25, 0.3) is 11.3 Å². The standard InChI is InChI=1S/C19H16ClN3O4/c1-27-12-8-6-11(7-9-12)15-10-16(23-22-15)18(24)21-17(19(25)26)13-4-2-3-5-14(13)20/h2-10,17H,1H3,(H,21,24)(H,22,23)(H,25,26)/t17-/m0/s1. The number of carbonyl (C=O) groups is 2. The van der Waals surface area contributed by atoms with Crippen LogP contribution in [0, 0.1) is 0 Å². The lowest BCUT2D eigenvalue weighted by atomic mass is 10.1. The summed E-state index contributed by atoms with van der Waals surface area (Å²) in [7, 11) is 1.57. The highest BCUT2D eigenvalue weighted by atomic mass is 35.5. The number of rotatable bonds is 6. The van der Waals surface area contributed by atoms with Crippen molar-refractivity contribution in [2.45, 2.75) is 6.04 Å². The van der Waals surface area contributed by atoms with Crippen LogP contribution < -0.4 is 10.1 Å². The molecule has 0 radical (unpaired) electrons. The Labute approximate surface area is 159 Å². The highest BCUT2D eigenvalue weighted by Gasteiger charge is 2.25. The predicted octanol–water partition coefficient (Wildman–Crippen LogP) is 3.29. The maximum atomic E-state index is 12.5. The second-order valence-corrected chi connectivity index (χ2v) is 6.07. The van der Waals surface area contributed by atoms with Gasteiger partial charge in [0, 0.05) is 16.1 Å². The van der Waals surface area contributed by atoms with E-state index in [4.69, 9.17) is 16.3 Å². The summed E-state index contributed by atoms with van der Waals surface area (Å²) in [5.41, 5.74) is 1.77. The van der Waals surface area contributed by atoms with Crippen molar-refractivity contribution >= 4 is 23.5 Å². The Morgan fingerprint density at radius 1 is 1.19 bits per heavy atom. The number of carboxylic acid groups (broad SMARTS) is 1. The molecule has 0 saturated heterocycles. The number of H-pyrrole nitrogens is 1. The number of amides is 1. The van der Waals surface area contributed by atoms with Gasteiger partial charge >= 0.3 is 5.97 Å². The van der Waals surface area contributed by atoms with Crippen molar-refractivity contribution in [2.75, 3.05) is 7.11 Å². The van der Waals surface area contributed by atoms with E-state index in [-0.39, 0.29) is 10.7 Å². The van der Waals surface area contributed by atoms with Gasteiger partial charge in [-0.1, -0.05) is 29.8 Å². The lowest BCUT2D eigenvalue weighted by Crippen LogP contribution is -2.34. The van der Waals surface area contributed by atoms with Gasteiger partial charge in [0.15, 0.2) is 6.04 Å². The van der Waals surface area contributed by atoms with Crippen LogP contribution >= 0.6 is 11.6 Å². The van der Waals surface area contributed by atoms with Gasteiger partial charge < -0.3 is 15.2 Å². The summed E-state index contributed by atoms with van der Waals surface area (Å²) in [6.45, 7) is 0. The number of hydrogen-bond acceptors (Lipinski definition) is 4. The fraction of sp³-hybridized carbons (Fsp3) is 0.105. The van der Waals surface area contributed by atoms with Gasteiger partial charge in [0.1, 0.15) is 11.4 Å². The van der Waals surface area contributed by atoms with E-state index in [2.05, 4.69) is 15.5 Å². The molecule has 0 fully saturated rings. The van der Waals surface area contributed by atoms with Crippen molar-refractivity contribution in [2.24, 2.45) is 0 Å². The number of nitrogens with zero attached hydrogens (tertiary/aromatic N) is 1. The summed E-state index contributed by atoms with van der Waals surface area (Å²) >= 11 is 6.06. The first-order valence-corrected chi connectivity index (χ1v) is 8.35. The second kappa shape index (κ2) is 7.92. The third kappa shape index (κ3) is 4.09. The van der Waals surface area contributed by atoms with Gasteiger partial charge in [-0.15, -0.1) is 0 Å². The Morgan fingerprint density at radius 3 is 2.52 bits per heavy atom. The number of ether oxygens (including phenoxy) is 1. The molecule has 1 heterocycles. The second-order valence-electron chi connectivity index (χ2n) is 5.66. The molecule has 0 aliphatic carbocycles. The fourth-order valence-electron chi connectivity index (χ4n) is 2.54. The zero-order valence-corrected chi connectivity index (χ0v) is 15.0. The number of aromatic nitrogens is 2. The molecule has 0 aliphatic heterocycles. The fourth-order valence-corrected chi connectivity index (χ4v) is 2.78. The van der Waals surface area contributed by atoms with Gasteiger partial charge in [-0.25, -0.2) is 4.79 Å². The van der Waals surface area contributed by atoms with Gasteiger partial charge in [-0.05, 0) is 36.4 Å². The molecule has 1 aromatic heterocycles. The molecule has 27 heavy (non-hydrogen) atoms. The van der Waals surface area contributed by atoms with Crippen molar-refractivity contribution in [3.05, 3.63) is 70.9 Å². The van der Waals surface area contributed by atoms with Crippen molar-refractivity contribution in [3.63, 3.8) is 0 Å². The molecular formula is C19H16ClN3O4. The van der Waals surface area contributed by atoms with E-state index in [1.54, 1.807) is 61.7 Å². The third-order valence-corrected chi connectivity index (χ3v) is 4.29. The van der Waals surface area contributed by atoms with E-state index in [0.29, 0.717) is 17.0 Å². The molecule has 138 valence electrons. The molecular weight excluding hydrogens is 370 g/mol. The Balaban J connectivity index is 1.80. The number of hydrogen-bond donors (Lipinski definition) is 3. The third-order valence-electron chi connectivity index (χ3n) is 3.95. The monoisotopic (exact) mass is 385 g/mol. The first kappa shape index (κ1) is 18.5. The average Bonchev–Trinajstić information content (AvgIpc) is 3.17. The van der Waals surface area contributed by atoms with E-state index >= 15 is 0 Å². The number of carbonyl (C=O) groups excluding carboxylic acids is 1. The Morgan fingerprint density at radius 2 is 1.89 bits per heavy atom. The molecule has 8 heteroatoms. The van der Waals surface area contributed by atoms with Gasteiger partial charge in [-0.2, -0.15) is 5.10 Å². The highest BCUT2D eigenvalue weighted by molar-refractivity contribution is 6.31. The van der Waals surface area contributed by atoms with Gasteiger partial charge in [0.2, 0.25) is 0 Å². The SMILES string of the molecule is COc1ccc(-c2cc(C(=O)N[C@H](C(=O)O)c3ccccc3Cl)[nH]n2)cc1. The molecule has 3 N–H and O–H groups in total. The minimum absolute atomic E-state index is 0.138. The molecule has 0 aliphatic rings. The van der Waals surface area contributed by atoms with Crippen LogP contribution in [0.1, 0.15) is 22.1 Å². The van der Waals surface area contributed by atoms with Crippen LogP contribution in [0.2, 0.25) is 5.02 Å². The molecule has 0 spiro atoms. The topological polar surface area (TPSA) is 104 Å². The van der Waals surface area contributed by atoms with E-state index < -0.39 is 17.9 Å². The zero-order valence-electron chi connectivity index (χ0n) is 14.3. The highest BCUT2D eigenvalue weighted by Crippen LogP contribution is 2.24. The molecule has 1 amide bonds. The van der Waals surface area contributed by atoms with Crippen LogP contribution in [0.15, 0.2) is 54.6 Å². The van der Waals surface area contributed by atoms with Crippen molar-refractivity contribution < 1.29 is 19.4 Å². The number of nitrogens with one attached hydrogen (secondary N) is 2. The smallest absolute Gasteiger partial charge is 0.330 e. The minimum Gasteiger partial charge on any atom is -0.497 e. The summed E-state index contributed by atoms with van der Waals surface area (Å²) < 4.78 is 5.11. The summed E-state index contributed by atoms with van der Waals surface area (Å²) in [5, 5.41) is 18.9. The predicted molar refractivity (Wildman–Crippen MR) is 99.9 cm³/mol. The Kier molecular flexibility index (Phi) is 5.42. The van der Waals surface area contributed by atoms with E-state index in [0.717, 1.165) is 5.56 Å². The number of benzene rings is 2. The maximum Gasteiger partial charge on any atom is 0.330 e. The lowest BCUT2D eigenvalue weighted by Gasteiger charge is -2.15. The quantitative estimate of drug-likeness (QED) is 0.604. The van der Waals surface area contributed by atoms with E-state index in [1.807, 2.05) is 0 Å². The van der Waals surface area contributed by atoms with Crippen LogP contribution in [0.5, 0.6) is 5.75 Å². The normalized spacial score (nSPS) is 11.6. The van der Waals surface area contributed by atoms with Crippen molar-refractivity contribution in [3.8, 4) is 17.0 Å². The number of carboxylic acids is 1. The van der Waals surface area contributed by atoms with Crippen molar-refractivity contribution in [1.29, 1.82) is 0 Å². The van der Waals surface area contributed by atoms with E-state index in [1.165, 1.54) is 0 Å². The number of methoxy groups -OCH3 is 1. The molecule has 3 rings (SSSR count). The summed E-state index contributed by atoms with van der Waals surface area (Å²) in [4.78, 5) is 24.1. The van der Waals surface area contributed by atoms with Crippen LogP contribution in [0.3, 0.4) is 0 Å². The van der Waals surface area contributed by atoms with Gasteiger partial charge in [-0.3, -0.25) is 9.89 Å². The molecule has 0 bridgehead atoms. The minimum atomic E-state index is -1.28. The van der Waals surface area contributed by atoms with Gasteiger partial charge in [0.25, 0.3) is 5.91 Å². The van der Waals surface area contributed by atoms with Crippen LogP contribution in [-0.2, 0) is 4.79 Å². The number of halogens is 1. The van der Waals surface area contributed by atoms with Crippen LogP contribution in [-0.4, -0.2) is 34.3 Å². The Bertz CT molecular complexity index is 969. The van der Waals surface area contributed by atoms with Gasteiger partial charge in [0.05, 0.1) is 12.8 Å². The summed E-state index contributed by atoms with van der Waals surface area (Å²) in [6.07, 6.45) is 0. The average molecular weight is 386 g/mol. The largest absolute Gasteiger partial charge is 0.497 e. The molecule has 2 aromatic carbocycles. The molecule has 7 nitrogen and oxygen atoms in total. The lowest BCUT2D eigenvalue weighted by molar-refractivity contribution is -0.139. The molecule has 3 aromatic rings. The maximum absolute atomic E-state index is 12.5.